The summed E-state index contributed by atoms with van der Waals surface area (Å²) < 4.78 is 5.36. The molecule has 1 N–H and O–H groups in total. The summed E-state index contributed by atoms with van der Waals surface area (Å²) in [7, 11) is 0. The zero-order valence-electron chi connectivity index (χ0n) is 14.9. The summed E-state index contributed by atoms with van der Waals surface area (Å²) in [5, 5.41) is 3.64. The zero-order chi connectivity index (χ0) is 18.4. The SMILES string of the molecule is CSc1nc(-c2ccco2)nc(C)c1C(=O)NCCCc1ccccc1. The van der Waals surface area contributed by atoms with Crippen molar-refractivity contribution in [3.63, 3.8) is 0 Å². The largest absolute Gasteiger partial charge is 0.461 e. The Morgan fingerprint density at radius 1 is 1.15 bits per heavy atom. The second-order valence-electron chi connectivity index (χ2n) is 5.84. The Hall–Kier alpha value is -2.60. The first-order valence-electron chi connectivity index (χ1n) is 8.47. The molecule has 3 aromatic rings. The first-order valence-corrected chi connectivity index (χ1v) is 9.70. The van der Waals surface area contributed by atoms with Crippen LogP contribution in [0.15, 0.2) is 58.2 Å². The van der Waals surface area contributed by atoms with Gasteiger partial charge in [-0.15, -0.1) is 11.8 Å². The third-order valence-electron chi connectivity index (χ3n) is 3.99. The Morgan fingerprint density at radius 2 is 1.96 bits per heavy atom. The van der Waals surface area contributed by atoms with Gasteiger partial charge in [0.25, 0.3) is 5.91 Å². The molecule has 26 heavy (non-hydrogen) atoms. The molecule has 0 radical (unpaired) electrons. The number of carbonyl (C=O) groups is 1. The van der Waals surface area contributed by atoms with Crippen LogP contribution in [-0.2, 0) is 6.42 Å². The summed E-state index contributed by atoms with van der Waals surface area (Å²) in [6, 6.07) is 13.9. The number of hydrogen-bond acceptors (Lipinski definition) is 5. The molecule has 1 aromatic carbocycles. The van der Waals surface area contributed by atoms with Crippen LogP contribution in [0.4, 0.5) is 0 Å². The first kappa shape index (κ1) is 18.2. The van der Waals surface area contributed by atoms with Gasteiger partial charge in [0, 0.05) is 6.54 Å². The molecule has 0 saturated carbocycles. The van der Waals surface area contributed by atoms with Gasteiger partial charge in [-0.05, 0) is 43.7 Å². The van der Waals surface area contributed by atoms with Crippen LogP contribution in [0.1, 0.15) is 28.0 Å². The van der Waals surface area contributed by atoms with Crippen LogP contribution in [0, 0.1) is 6.92 Å². The summed E-state index contributed by atoms with van der Waals surface area (Å²) in [5.74, 6) is 0.960. The minimum atomic E-state index is -0.133. The van der Waals surface area contributed by atoms with Gasteiger partial charge in [0.05, 0.1) is 17.5 Å². The van der Waals surface area contributed by atoms with Gasteiger partial charge in [-0.1, -0.05) is 30.3 Å². The molecule has 0 unspecified atom stereocenters. The van der Waals surface area contributed by atoms with E-state index in [-0.39, 0.29) is 5.91 Å². The van der Waals surface area contributed by atoms with Crippen LogP contribution < -0.4 is 5.32 Å². The number of carbonyl (C=O) groups excluding carboxylic acids is 1. The molecular formula is C20H21N3O2S. The maximum Gasteiger partial charge on any atom is 0.255 e. The lowest BCUT2D eigenvalue weighted by atomic mass is 10.1. The van der Waals surface area contributed by atoms with Gasteiger partial charge in [0.2, 0.25) is 0 Å². The van der Waals surface area contributed by atoms with E-state index in [0.717, 1.165) is 12.8 Å². The quantitative estimate of drug-likeness (QED) is 0.386. The minimum Gasteiger partial charge on any atom is -0.461 e. The fourth-order valence-corrected chi connectivity index (χ4v) is 3.32. The lowest BCUT2D eigenvalue weighted by Crippen LogP contribution is -2.27. The third kappa shape index (κ3) is 4.32. The number of thioether (sulfide) groups is 1. The predicted molar refractivity (Wildman–Crippen MR) is 103 cm³/mol. The highest BCUT2D eigenvalue weighted by Gasteiger charge is 2.19. The summed E-state index contributed by atoms with van der Waals surface area (Å²) in [4.78, 5) is 21.6. The number of rotatable bonds is 7. The number of aryl methyl sites for hydroxylation is 2. The molecule has 5 nitrogen and oxygen atoms in total. The van der Waals surface area contributed by atoms with Gasteiger partial charge < -0.3 is 9.73 Å². The van der Waals surface area contributed by atoms with E-state index in [9.17, 15) is 4.79 Å². The van der Waals surface area contributed by atoms with E-state index < -0.39 is 0 Å². The number of hydrogen-bond donors (Lipinski definition) is 1. The first-order chi connectivity index (χ1) is 12.7. The van der Waals surface area contributed by atoms with Crippen molar-refractivity contribution in [2.24, 2.45) is 0 Å². The van der Waals surface area contributed by atoms with Gasteiger partial charge in [-0.25, -0.2) is 9.97 Å². The van der Waals surface area contributed by atoms with Crippen LogP contribution in [0.5, 0.6) is 0 Å². The van der Waals surface area contributed by atoms with E-state index in [2.05, 4.69) is 27.4 Å². The molecular weight excluding hydrogens is 346 g/mol. The van der Waals surface area contributed by atoms with Gasteiger partial charge in [0.1, 0.15) is 5.03 Å². The molecule has 2 aromatic heterocycles. The van der Waals surface area contributed by atoms with Gasteiger partial charge in [0.15, 0.2) is 11.6 Å². The maximum absolute atomic E-state index is 12.6. The number of amides is 1. The second kappa shape index (κ2) is 8.67. The summed E-state index contributed by atoms with van der Waals surface area (Å²) >= 11 is 1.43. The number of furan rings is 1. The number of aromatic nitrogens is 2. The van der Waals surface area contributed by atoms with Gasteiger partial charge in [-0.3, -0.25) is 4.79 Å². The molecule has 6 heteroatoms. The van der Waals surface area contributed by atoms with Crippen LogP contribution in [-0.4, -0.2) is 28.7 Å². The second-order valence-corrected chi connectivity index (χ2v) is 6.63. The lowest BCUT2D eigenvalue weighted by Gasteiger charge is -2.11. The average molecular weight is 367 g/mol. The third-order valence-corrected chi connectivity index (χ3v) is 4.67. The van der Waals surface area contributed by atoms with Crippen LogP contribution in [0.3, 0.4) is 0 Å². The van der Waals surface area contributed by atoms with Gasteiger partial charge >= 0.3 is 0 Å². The Bertz CT molecular complexity index is 864. The van der Waals surface area contributed by atoms with E-state index in [1.54, 1.807) is 12.3 Å². The molecule has 0 aliphatic rings. The molecule has 3 rings (SSSR count). The highest BCUT2D eigenvalue weighted by atomic mass is 32.2. The number of nitrogens with zero attached hydrogens (tertiary/aromatic N) is 2. The van der Waals surface area contributed by atoms with E-state index >= 15 is 0 Å². The molecule has 134 valence electrons. The molecule has 0 bridgehead atoms. The maximum atomic E-state index is 12.6. The van der Waals surface area contributed by atoms with Gasteiger partial charge in [-0.2, -0.15) is 0 Å². The number of benzene rings is 1. The zero-order valence-corrected chi connectivity index (χ0v) is 15.7. The molecule has 0 atom stereocenters. The van der Waals surface area contributed by atoms with Crippen LogP contribution in [0.2, 0.25) is 0 Å². The smallest absolute Gasteiger partial charge is 0.255 e. The molecule has 1 amide bonds. The molecule has 0 fully saturated rings. The van der Waals surface area contributed by atoms with E-state index in [0.29, 0.717) is 34.4 Å². The Labute approximate surface area is 157 Å². The average Bonchev–Trinajstić information content (AvgIpc) is 3.20. The van der Waals surface area contributed by atoms with Crippen molar-refractivity contribution in [1.82, 2.24) is 15.3 Å². The molecule has 0 spiro atoms. The van der Waals surface area contributed by atoms with Crippen LogP contribution >= 0.6 is 11.8 Å². The van der Waals surface area contributed by atoms with E-state index in [1.165, 1.54) is 17.3 Å². The number of nitrogens with one attached hydrogen (secondary N) is 1. The standard InChI is InChI=1S/C20H21N3O2S/c1-14-17(19(24)21-12-6-10-15-8-4-3-5-9-15)20(26-2)23-18(22-14)16-11-7-13-25-16/h3-5,7-9,11,13H,6,10,12H2,1-2H3,(H,21,24). The highest BCUT2D eigenvalue weighted by molar-refractivity contribution is 7.98. The normalized spacial score (nSPS) is 10.7. The van der Waals surface area contributed by atoms with Crippen molar-refractivity contribution in [1.29, 1.82) is 0 Å². The fraction of sp³-hybridized carbons (Fsp3) is 0.250. The molecule has 0 aliphatic carbocycles. The van der Waals surface area contributed by atoms with Crippen molar-refractivity contribution in [3.8, 4) is 11.6 Å². The fourth-order valence-electron chi connectivity index (χ4n) is 2.70. The summed E-state index contributed by atoms with van der Waals surface area (Å²) in [6.45, 7) is 2.44. The van der Waals surface area contributed by atoms with Crippen molar-refractivity contribution in [2.45, 2.75) is 24.8 Å². The summed E-state index contributed by atoms with van der Waals surface area (Å²) in [5.41, 5.74) is 2.46. The highest BCUT2D eigenvalue weighted by Crippen LogP contribution is 2.25. The van der Waals surface area contributed by atoms with Crippen molar-refractivity contribution < 1.29 is 9.21 Å². The lowest BCUT2D eigenvalue weighted by molar-refractivity contribution is 0.0948. The Morgan fingerprint density at radius 3 is 2.65 bits per heavy atom. The molecule has 0 saturated heterocycles. The van der Waals surface area contributed by atoms with E-state index in [1.807, 2.05) is 37.4 Å². The topological polar surface area (TPSA) is 68.0 Å². The Balaban J connectivity index is 1.66. The monoisotopic (exact) mass is 367 g/mol. The van der Waals surface area contributed by atoms with Crippen LogP contribution in [0.25, 0.3) is 11.6 Å². The van der Waals surface area contributed by atoms with Crippen molar-refractivity contribution in [2.75, 3.05) is 12.8 Å². The van der Waals surface area contributed by atoms with E-state index in [4.69, 9.17) is 4.42 Å². The van der Waals surface area contributed by atoms with Crippen molar-refractivity contribution in [3.05, 3.63) is 65.5 Å². The van der Waals surface area contributed by atoms with Crippen molar-refractivity contribution >= 4 is 17.7 Å². The molecule has 2 heterocycles. The minimum absolute atomic E-state index is 0.133. The molecule has 0 aliphatic heterocycles. The predicted octanol–water partition coefficient (Wildman–Crippen LogP) is 4.13. The summed E-state index contributed by atoms with van der Waals surface area (Å²) in [6.07, 6.45) is 5.30. The Kier molecular flexibility index (Phi) is 6.07.